The lowest BCUT2D eigenvalue weighted by Gasteiger charge is -2.21. The molecule has 5 N–H and O–H groups in total. The number of phenols is 3. The van der Waals surface area contributed by atoms with Crippen LogP contribution in [-0.2, 0) is 11.3 Å². The third-order valence-corrected chi connectivity index (χ3v) is 3.07. The van der Waals surface area contributed by atoms with Crippen molar-refractivity contribution in [3.05, 3.63) is 17.7 Å². The summed E-state index contributed by atoms with van der Waals surface area (Å²) in [6, 6.07) is 2.81. The number of nitrogens with one attached hydrogen (secondary N) is 1. The van der Waals surface area contributed by atoms with Gasteiger partial charge in [-0.05, 0) is 6.07 Å². The smallest absolute Gasteiger partial charge is 0.200 e. The van der Waals surface area contributed by atoms with Crippen molar-refractivity contribution in [1.82, 2.24) is 5.32 Å². The van der Waals surface area contributed by atoms with Gasteiger partial charge in [0.25, 0.3) is 0 Å². The van der Waals surface area contributed by atoms with Crippen LogP contribution in [0.4, 0.5) is 0 Å². The molecule has 1 aliphatic heterocycles. The van der Waals surface area contributed by atoms with E-state index < -0.39 is 11.4 Å². The Kier molecular flexibility index (Phi) is 3.60. The van der Waals surface area contributed by atoms with Crippen molar-refractivity contribution in [3.8, 4) is 17.2 Å². The van der Waals surface area contributed by atoms with Gasteiger partial charge < -0.3 is 30.5 Å². The molecule has 2 rings (SSSR count). The molecule has 1 fully saturated rings. The van der Waals surface area contributed by atoms with Gasteiger partial charge in [-0.2, -0.15) is 0 Å². The molecule has 1 aliphatic rings. The molecule has 0 saturated carbocycles. The minimum absolute atomic E-state index is 0.280. The van der Waals surface area contributed by atoms with Crippen molar-refractivity contribution in [3.63, 3.8) is 0 Å². The lowest BCUT2D eigenvalue weighted by molar-refractivity contribution is 0.0268. The van der Waals surface area contributed by atoms with E-state index in [0.717, 1.165) is 0 Å². The Balaban J connectivity index is 1.92. The summed E-state index contributed by atoms with van der Waals surface area (Å²) >= 11 is 0. The molecular weight excluding hydrogens is 238 g/mol. The van der Waals surface area contributed by atoms with Crippen LogP contribution < -0.4 is 5.32 Å². The van der Waals surface area contributed by atoms with E-state index in [9.17, 15) is 20.4 Å². The average Bonchev–Trinajstić information content (AvgIpc) is 2.77. The number of benzene rings is 1. The minimum atomic E-state index is -0.866. The van der Waals surface area contributed by atoms with Crippen molar-refractivity contribution in [2.24, 2.45) is 0 Å². The standard InChI is InChI=1S/C12H17NO5/c14-9-2-1-8(10(15)11(9)16)5-13-6-12(17)3-4-18-7-12/h1-2,13-17H,3-7H2. The summed E-state index contributed by atoms with van der Waals surface area (Å²) in [6.45, 7) is 1.46. The van der Waals surface area contributed by atoms with E-state index in [0.29, 0.717) is 31.7 Å². The van der Waals surface area contributed by atoms with Gasteiger partial charge in [0.1, 0.15) is 5.60 Å². The van der Waals surface area contributed by atoms with Gasteiger partial charge >= 0.3 is 0 Å². The van der Waals surface area contributed by atoms with Crippen molar-refractivity contribution < 1.29 is 25.2 Å². The third-order valence-electron chi connectivity index (χ3n) is 3.07. The Morgan fingerprint density at radius 1 is 1.22 bits per heavy atom. The van der Waals surface area contributed by atoms with Crippen LogP contribution in [0.2, 0.25) is 0 Å². The zero-order valence-corrected chi connectivity index (χ0v) is 9.89. The summed E-state index contributed by atoms with van der Waals surface area (Å²) in [5.41, 5.74) is -0.415. The van der Waals surface area contributed by atoms with Crippen molar-refractivity contribution >= 4 is 0 Å². The van der Waals surface area contributed by atoms with Crippen LogP contribution in [0.3, 0.4) is 0 Å². The normalized spacial score (nSPS) is 23.4. The number of aromatic hydroxyl groups is 3. The molecular formula is C12H17NO5. The topological polar surface area (TPSA) is 102 Å². The third kappa shape index (κ3) is 2.66. The molecule has 0 bridgehead atoms. The molecule has 0 aromatic heterocycles. The zero-order valence-electron chi connectivity index (χ0n) is 9.89. The number of hydrogen-bond donors (Lipinski definition) is 5. The average molecular weight is 255 g/mol. The Morgan fingerprint density at radius 2 is 2.00 bits per heavy atom. The van der Waals surface area contributed by atoms with Gasteiger partial charge in [-0.25, -0.2) is 0 Å². The maximum Gasteiger partial charge on any atom is 0.200 e. The molecule has 0 aliphatic carbocycles. The Morgan fingerprint density at radius 3 is 2.67 bits per heavy atom. The van der Waals surface area contributed by atoms with Gasteiger partial charge in [-0.1, -0.05) is 6.07 Å². The largest absolute Gasteiger partial charge is 0.504 e. The van der Waals surface area contributed by atoms with Crippen LogP contribution in [0.5, 0.6) is 17.2 Å². The number of rotatable bonds is 4. The summed E-state index contributed by atoms with van der Waals surface area (Å²) in [7, 11) is 0. The van der Waals surface area contributed by atoms with E-state index in [2.05, 4.69) is 5.32 Å². The highest BCUT2D eigenvalue weighted by Gasteiger charge is 2.31. The second-order valence-corrected chi connectivity index (χ2v) is 4.57. The predicted octanol–water partition coefficient (Wildman–Crippen LogP) is 0.0444. The van der Waals surface area contributed by atoms with Crippen LogP contribution in [0.25, 0.3) is 0 Å². The molecule has 1 aromatic rings. The molecule has 100 valence electrons. The highest BCUT2D eigenvalue weighted by molar-refractivity contribution is 5.52. The van der Waals surface area contributed by atoms with E-state index in [4.69, 9.17) is 4.74 Å². The minimum Gasteiger partial charge on any atom is -0.504 e. The van der Waals surface area contributed by atoms with E-state index in [1.807, 2.05) is 0 Å². The van der Waals surface area contributed by atoms with E-state index in [-0.39, 0.29) is 18.0 Å². The van der Waals surface area contributed by atoms with Gasteiger partial charge in [-0.15, -0.1) is 0 Å². The van der Waals surface area contributed by atoms with Crippen LogP contribution >= 0.6 is 0 Å². The predicted molar refractivity (Wildman–Crippen MR) is 63.5 cm³/mol. The lowest BCUT2D eigenvalue weighted by Crippen LogP contribution is -2.40. The van der Waals surface area contributed by atoms with Crippen LogP contribution in [0.1, 0.15) is 12.0 Å². The van der Waals surface area contributed by atoms with Gasteiger partial charge in [0.2, 0.25) is 5.75 Å². The Hall–Kier alpha value is -1.50. The quantitative estimate of drug-likeness (QED) is 0.487. The highest BCUT2D eigenvalue weighted by Crippen LogP contribution is 2.36. The van der Waals surface area contributed by atoms with Gasteiger partial charge in [0, 0.05) is 31.7 Å². The highest BCUT2D eigenvalue weighted by atomic mass is 16.5. The molecule has 1 unspecified atom stereocenters. The van der Waals surface area contributed by atoms with Crippen LogP contribution in [-0.4, -0.2) is 45.8 Å². The molecule has 0 radical (unpaired) electrons. The molecule has 18 heavy (non-hydrogen) atoms. The lowest BCUT2D eigenvalue weighted by atomic mass is 10.0. The first-order valence-corrected chi connectivity index (χ1v) is 5.75. The van der Waals surface area contributed by atoms with Crippen molar-refractivity contribution in [2.45, 2.75) is 18.6 Å². The molecule has 6 heteroatoms. The van der Waals surface area contributed by atoms with E-state index in [1.54, 1.807) is 0 Å². The Labute approximate surface area is 104 Å². The molecule has 1 heterocycles. The monoisotopic (exact) mass is 255 g/mol. The second-order valence-electron chi connectivity index (χ2n) is 4.57. The summed E-state index contributed by atoms with van der Waals surface area (Å²) in [6.07, 6.45) is 0.576. The molecule has 0 spiro atoms. The van der Waals surface area contributed by atoms with Gasteiger partial charge in [0.15, 0.2) is 11.5 Å². The number of hydrogen-bond acceptors (Lipinski definition) is 6. The first-order chi connectivity index (χ1) is 8.52. The number of aliphatic hydroxyl groups is 1. The second kappa shape index (κ2) is 5.01. The van der Waals surface area contributed by atoms with Crippen LogP contribution in [0, 0.1) is 0 Å². The van der Waals surface area contributed by atoms with Gasteiger partial charge in [0.05, 0.1) is 6.61 Å². The molecule has 0 amide bonds. The number of ether oxygens (including phenoxy) is 1. The van der Waals surface area contributed by atoms with Gasteiger partial charge in [-0.3, -0.25) is 0 Å². The van der Waals surface area contributed by atoms with E-state index in [1.165, 1.54) is 12.1 Å². The van der Waals surface area contributed by atoms with Crippen molar-refractivity contribution in [1.29, 1.82) is 0 Å². The maximum absolute atomic E-state index is 10.00. The maximum atomic E-state index is 10.00. The fourth-order valence-electron chi connectivity index (χ4n) is 1.92. The number of phenolic OH excluding ortho intramolecular Hbond substituents is 3. The summed E-state index contributed by atoms with van der Waals surface area (Å²) in [5, 5.41) is 41.1. The molecule has 1 saturated heterocycles. The summed E-state index contributed by atoms with van der Waals surface area (Å²) < 4.78 is 5.11. The Bertz CT molecular complexity index is 429. The fraction of sp³-hybridized carbons (Fsp3) is 0.500. The van der Waals surface area contributed by atoms with E-state index >= 15 is 0 Å². The first kappa shape index (κ1) is 12.9. The summed E-state index contributed by atoms with van der Waals surface area (Å²) in [4.78, 5) is 0. The molecule has 6 nitrogen and oxygen atoms in total. The zero-order chi connectivity index (χ0) is 13.2. The SMILES string of the molecule is Oc1ccc(CNCC2(O)CCOC2)c(O)c1O. The fourth-order valence-corrected chi connectivity index (χ4v) is 1.92. The summed E-state index contributed by atoms with van der Waals surface area (Å²) in [5.74, 6) is -1.24. The van der Waals surface area contributed by atoms with Crippen molar-refractivity contribution in [2.75, 3.05) is 19.8 Å². The molecule has 1 aromatic carbocycles. The molecule has 1 atom stereocenters. The first-order valence-electron chi connectivity index (χ1n) is 5.75. The van der Waals surface area contributed by atoms with Crippen LogP contribution in [0.15, 0.2) is 12.1 Å².